The van der Waals surface area contributed by atoms with E-state index >= 15 is 0 Å². The van der Waals surface area contributed by atoms with Crippen molar-refractivity contribution in [2.75, 3.05) is 20.2 Å². The van der Waals surface area contributed by atoms with Gasteiger partial charge in [-0.25, -0.2) is 4.79 Å². The second kappa shape index (κ2) is 8.39. The molecule has 150 valence electrons. The highest BCUT2D eigenvalue weighted by atomic mass is 16.5. The highest BCUT2D eigenvalue weighted by Gasteiger charge is 2.26. The summed E-state index contributed by atoms with van der Waals surface area (Å²) in [6.45, 7) is 1.40. The van der Waals surface area contributed by atoms with Gasteiger partial charge in [0.05, 0.1) is 13.5 Å². The van der Waals surface area contributed by atoms with Gasteiger partial charge in [0.15, 0.2) is 0 Å². The summed E-state index contributed by atoms with van der Waals surface area (Å²) >= 11 is 0. The third-order valence-electron chi connectivity index (χ3n) is 5.58. The van der Waals surface area contributed by atoms with Crippen molar-refractivity contribution in [2.45, 2.75) is 25.3 Å². The minimum absolute atomic E-state index is 0.151. The molecule has 4 rings (SSSR count). The van der Waals surface area contributed by atoms with E-state index in [0.29, 0.717) is 25.2 Å². The Morgan fingerprint density at radius 2 is 1.66 bits per heavy atom. The lowest BCUT2D eigenvalue weighted by Gasteiger charge is -2.33. The highest BCUT2D eigenvalue weighted by molar-refractivity contribution is 5.87. The monoisotopic (exact) mass is 391 g/mol. The Morgan fingerprint density at radius 3 is 2.31 bits per heavy atom. The molecular weight excluding hydrogens is 366 g/mol. The van der Waals surface area contributed by atoms with E-state index in [0.717, 1.165) is 24.1 Å². The number of aromatic nitrogens is 2. The molecule has 3 heterocycles. The van der Waals surface area contributed by atoms with Gasteiger partial charge in [-0.05, 0) is 54.8 Å². The van der Waals surface area contributed by atoms with Crippen LogP contribution in [0.4, 0.5) is 0 Å². The topological polar surface area (TPSA) is 56.5 Å². The van der Waals surface area contributed by atoms with Crippen LogP contribution >= 0.6 is 0 Å². The van der Waals surface area contributed by atoms with Crippen LogP contribution in [0.2, 0.25) is 0 Å². The van der Waals surface area contributed by atoms with Crippen molar-refractivity contribution in [3.05, 3.63) is 78.4 Å². The van der Waals surface area contributed by atoms with Gasteiger partial charge in [0.1, 0.15) is 5.69 Å². The van der Waals surface area contributed by atoms with Crippen molar-refractivity contribution in [3.8, 4) is 5.69 Å². The molecule has 1 aliphatic rings. The first kappa shape index (κ1) is 19.1. The number of piperidine rings is 1. The number of benzene rings is 1. The number of likely N-dealkylation sites (tertiary alicyclic amines) is 1. The Hall–Kier alpha value is -3.28. The van der Waals surface area contributed by atoms with Crippen molar-refractivity contribution in [1.29, 1.82) is 0 Å². The van der Waals surface area contributed by atoms with Gasteiger partial charge in [-0.1, -0.05) is 12.1 Å². The van der Waals surface area contributed by atoms with E-state index < -0.39 is 0 Å². The maximum Gasteiger partial charge on any atom is 0.354 e. The van der Waals surface area contributed by atoms with Gasteiger partial charge in [-0.2, -0.15) is 0 Å². The van der Waals surface area contributed by atoms with Gasteiger partial charge >= 0.3 is 5.97 Å². The quantitative estimate of drug-likeness (QED) is 0.626. The maximum absolute atomic E-state index is 12.7. The molecule has 2 aromatic heterocycles. The molecule has 0 aliphatic carbocycles. The van der Waals surface area contributed by atoms with Crippen LogP contribution in [-0.4, -0.2) is 46.1 Å². The lowest BCUT2D eigenvalue weighted by molar-refractivity contribution is -0.131. The first-order valence-corrected chi connectivity index (χ1v) is 9.91. The minimum atomic E-state index is -0.322. The number of carbonyl (C=O) groups is 2. The minimum Gasteiger partial charge on any atom is -0.464 e. The molecule has 1 aliphatic heterocycles. The fourth-order valence-corrected chi connectivity index (χ4v) is 3.96. The van der Waals surface area contributed by atoms with Crippen molar-refractivity contribution in [2.24, 2.45) is 0 Å². The molecule has 0 bridgehead atoms. The molecule has 29 heavy (non-hydrogen) atoms. The fraction of sp³-hybridized carbons (Fsp3) is 0.304. The van der Waals surface area contributed by atoms with Gasteiger partial charge < -0.3 is 18.8 Å². The largest absolute Gasteiger partial charge is 0.464 e. The van der Waals surface area contributed by atoms with Gasteiger partial charge in [0.2, 0.25) is 5.91 Å². The average molecular weight is 391 g/mol. The zero-order valence-electron chi connectivity index (χ0n) is 16.5. The molecule has 1 amide bonds. The number of methoxy groups -OCH3 is 1. The molecular formula is C23H25N3O3. The number of ether oxygens (including phenoxy) is 1. The van der Waals surface area contributed by atoms with E-state index in [1.54, 1.807) is 6.07 Å². The third-order valence-corrected chi connectivity index (χ3v) is 5.58. The summed E-state index contributed by atoms with van der Waals surface area (Å²) in [6.07, 6.45) is 7.99. The van der Waals surface area contributed by atoms with E-state index in [1.807, 2.05) is 75.1 Å². The van der Waals surface area contributed by atoms with E-state index in [4.69, 9.17) is 4.74 Å². The van der Waals surface area contributed by atoms with Crippen molar-refractivity contribution >= 4 is 11.9 Å². The molecule has 1 saturated heterocycles. The van der Waals surface area contributed by atoms with Crippen LogP contribution in [0, 0.1) is 0 Å². The number of hydrogen-bond donors (Lipinski definition) is 0. The van der Waals surface area contributed by atoms with E-state index in [9.17, 15) is 9.59 Å². The molecule has 1 fully saturated rings. The van der Waals surface area contributed by atoms with Gasteiger partial charge in [-0.15, -0.1) is 0 Å². The second-order valence-electron chi connectivity index (χ2n) is 7.34. The van der Waals surface area contributed by atoms with Gasteiger partial charge in [-0.3, -0.25) is 4.79 Å². The zero-order chi connectivity index (χ0) is 20.2. The SMILES string of the molecule is COC(=O)c1cccn1C1CCN(C(=O)Cc2ccc(-n3cccc3)cc2)CC1. The number of nitrogens with zero attached hydrogens (tertiary/aromatic N) is 3. The van der Waals surface area contributed by atoms with E-state index in [1.165, 1.54) is 7.11 Å². The van der Waals surface area contributed by atoms with Crippen LogP contribution in [0.5, 0.6) is 0 Å². The van der Waals surface area contributed by atoms with Crippen LogP contribution in [0.15, 0.2) is 67.1 Å². The van der Waals surface area contributed by atoms with Crippen LogP contribution in [-0.2, 0) is 16.0 Å². The highest BCUT2D eigenvalue weighted by Crippen LogP contribution is 2.25. The summed E-state index contributed by atoms with van der Waals surface area (Å²) in [4.78, 5) is 26.6. The number of amides is 1. The molecule has 6 heteroatoms. The van der Waals surface area contributed by atoms with Crippen LogP contribution in [0.1, 0.15) is 34.9 Å². The van der Waals surface area contributed by atoms with Crippen molar-refractivity contribution in [3.63, 3.8) is 0 Å². The lowest BCUT2D eigenvalue weighted by Crippen LogP contribution is -2.40. The van der Waals surface area contributed by atoms with Gasteiger partial charge in [0.25, 0.3) is 0 Å². The Balaban J connectivity index is 1.34. The Labute approximate surface area is 170 Å². The third kappa shape index (κ3) is 4.11. The number of carbonyl (C=O) groups excluding carboxylic acids is 2. The molecule has 1 aromatic carbocycles. The normalized spacial score (nSPS) is 14.7. The molecule has 3 aromatic rings. The standard InChI is InChI=1S/C23H25N3O3/c1-29-23(28)21-5-4-14-26(21)20-10-15-25(16-11-20)22(27)17-18-6-8-19(9-7-18)24-12-2-3-13-24/h2-9,12-14,20H,10-11,15-17H2,1H3. The van der Waals surface area contributed by atoms with E-state index in [2.05, 4.69) is 0 Å². The molecule has 6 nitrogen and oxygen atoms in total. The first-order chi connectivity index (χ1) is 14.2. The number of esters is 1. The molecule has 0 saturated carbocycles. The summed E-state index contributed by atoms with van der Waals surface area (Å²) in [5.74, 6) is -0.172. The summed E-state index contributed by atoms with van der Waals surface area (Å²) in [7, 11) is 1.39. The van der Waals surface area contributed by atoms with Crippen molar-refractivity contribution < 1.29 is 14.3 Å². The van der Waals surface area contributed by atoms with Gasteiger partial charge in [0, 0.05) is 43.4 Å². The summed E-state index contributed by atoms with van der Waals surface area (Å²) < 4.78 is 8.88. The first-order valence-electron chi connectivity index (χ1n) is 9.91. The van der Waals surface area contributed by atoms with Crippen LogP contribution < -0.4 is 0 Å². The fourth-order valence-electron chi connectivity index (χ4n) is 3.96. The maximum atomic E-state index is 12.7. The Kier molecular flexibility index (Phi) is 5.51. The zero-order valence-corrected chi connectivity index (χ0v) is 16.5. The molecule has 0 unspecified atom stereocenters. The second-order valence-corrected chi connectivity index (χ2v) is 7.34. The number of hydrogen-bond acceptors (Lipinski definition) is 3. The van der Waals surface area contributed by atoms with Crippen molar-refractivity contribution in [1.82, 2.24) is 14.0 Å². The lowest BCUT2D eigenvalue weighted by atomic mass is 10.0. The summed E-state index contributed by atoms with van der Waals surface area (Å²) in [6, 6.07) is 15.9. The molecule has 0 spiro atoms. The number of rotatable bonds is 5. The predicted molar refractivity (Wildman–Crippen MR) is 110 cm³/mol. The summed E-state index contributed by atoms with van der Waals surface area (Å²) in [5, 5.41) is 0. The average Bonchev–Trinajstić information content (AvgIpc) is 3.46. The van der Waals surface area contributed by atoms with Crippen LogP contribution in [0.25, 0.3) is 5.69 Å². The molecule has 0 radical (unpaired) electrons. The molecule has 0 N–H and O–H groups in total. The Morgan fingerprint density at radius 1 is 0.966 bits per heavy atom. The van der Waals surface area contributed by atoms with E-state index in [-0.39, 0.29) is 17.9 Å². The predicted octanol–water partition coefficient (Wildman–Crippen LogP) is 3.47. The summed E-state index contributed by atoms with van der Waals surface area (Å²) in [5.41, 5.74) is 2.67. The molecule has 0 atom stereocenters. The van der Waals surface area contributed by atoms with Crippen LogP contribution in [0.3, 0.4) is 0 Å². The smallest absolute Gasteiger partial charge is 0.354 e. The Bertz CT molecular complexity index is 965.